The van der Waals surface area contributed by atoms with Crippen LogP contribution in [0.1, 0.15) is 0 Å². The van der Waals surface area contributed by atoms with Gasteiger partial charge in [-0.15, -0.1) is 0 Å². The van der Waals surface area contributed by atoms with E-state index in [2.05, 4.69) is 5.73 Å². The number of hydrogen-bond donors (Lipinski definition) is 2. The fourth-order valence-electron chi connectivity index (χ4n) is 1.52. The first-order chi connectivity index (χ1) is 8.08. The molecule has 0 saturated heterocycles. The van der Waals surface area contributed by atoms with E-state index in [1.807, 2.05) is 6.07 Å². The second-order valence-electron chi connectivity index (χ2n) is 3.65. The van der Waals surface area contributed by atoms with Crippen LogP contribution in [0.5, 0.6) is 5.75 Å². The Balaban J connectivity index is 0.00000162. The van der Waals surface area contributed by atoms with Crippen LogP contribution in [-0.2, 0) is 0 Å². The van der Waals surface area contributed by atoms with E-state index in [0.29, 0.717) is 5.69 Å². The van der Waals surface area contributed by atoms with Gasteiger partial charge < -0.3 is 23.2 Å². The summed E-state index contributed by atoms with van der Waals surface area (Å²) in [6.07, 6.45) is 0. The maximum atomic E-state index is 10.5. The van der Waals surface area contributed by atoms with Crippen molar-refractivity contribution in [2.75, 3.05) is 0 Å². The molecule has 4 N–H and O–H groups in total. The molecule has 0 aliphatic heterocycles. The van der Waals surface area contributed by atoms with Crippen LogP contribution in [0.15, 0.2) is 42.5 Å². The lowest BCUT2D eigenvalue weighted by Crippen LogP contribution is -3.00. The Labute approximate surface area is 109 Å². The number of rotatable bonds is 2. The third-order valence-corrected chi connectivity index (χ3v) is 2.50. The highest BCUT2D eigenvalue weighted by molar-refractivity contribution is 5.68. The van der Waals surface area contributed by atoms with Crippen LogP contribution < -0.4 is 18.1 Å². The molecule has 2 aromatic carbocycles. The molecule has 6 heteroatoms. The number of benzene rings is 2. The number of halogens is 1. The summed E-state index contributed by atoms with van der Waals surface area (Å²) in [5.74, 6) is 0.112. The van der Waals surface area contributed by atoms with E-state index in [1.54, 1.807) is 24.3 Å². The molecule has 2 aromatic rings. The van der Waals surface area contributed by atoms with Gasteiger partial charge in [0.15, 0.2) is 11.4 Å². The van der Waals surface area contributed by atoms with E-state index >= 15 is 0 Å². The van der Waals surface area contributed by atoms with Crippen LogP contribution in [0, 0.1) is 10.1 Å². The molecule has 2 rings (SSSR count). The van der Waals surface area contributed by atoms with Gasteiger partial charge in [-0.3, -0.25) is 10.1 Å². The average Bonchev–Trinajstić information content (AvgIpc) is 2.33. The van der Waals surface area contributed by atoms with Crippen molar-refractivity contribution in [2.45, 2.75) is 0 Å². The summed E-state index contributed by atoms with van der Waals surface area (Å²) >= 11 is 0. The normalized spacial score (nSPS) is 9.61. The van der Waals surface area contributed by atoms with Crippen LogP contribution in [-0.4, -0.2) is 10.0 Å². The molecule has 0 spiro atoms. The molecule has 0 heterocycles. The Kier molecular flexibility index (Phi) is 4.25. The highest BCUT2D eigenvalue weighted by Gasteiger charge is 2.07. The van der Waals surface area contributed by atoms with Gasteiger partial charge in [-0.1, -0.05) is 0 Å². The van der Waals surface area contributed by atoms with Crippen LogP contribution in [0.25, 0.3) is 11.1 Å². The van der Waals surface area contributed by atoms with E-state index in [4.69, 9.17) is 0 Å². The van der Waals surface area contributed by atoms with Crippen molar-refractivity contribution in [1.82, 2.24) is 0 Å². The van der Waals surface area contributed by atoms with E-state index in [1.165, 1.54) is 12.1 Å². The van der Waals surface area contributed by atoms with Crippen LogP contribution in [0.2, 0.25) is 0 Å². The summed E-state index contributed by atoms with van der Waals surface area (Å²) in [6.45, 7) is 0. The predicted octanol–water partition coefficient (Wildman–Crippen LogP) is -1.16. The molecular formula is C12H11ClN2O3. The zero-order chi connectivity index (χ0) is 12.4. The van der Waals surface area contributed by atoms with Gasteiger partial charge >= 0.3 is 0 Å². The number of hydrogen-bond acceptors (Lipinski definition) is 3. The molecule has 0 radical (unpaired) electrons. The SMILES string of the molecule is [Cl-].[NH3+]c1ccc(-c2ccc([N+](=O)[O-])cc2)cc1O. The van der Waals surface area contributed by atoms with Gasteiger partial charge in [0.2, 0.25) is 0 Å². The van der Waals surface area contributed by atoms with Crippen LogP contribution in [0.3, 0.4) is 0 Å². The topological polar surface area (TPSA) is 91.0 Å². The van der Waals surface area contributed by atoms with Gasteiger partial charge in [0.05, 0.1) is 4.92 Å². The van der Waals surface area contributed by atoms with Crippen molar-refractivity contribution in [3.8, 4) is 16.9 Å². The number of phenols is 1. The van der Waals surface area contributed by atoms with Crippen molar-refractivity contribution < 1.29 is 28.2 Å². The molecule has 0 atom stereocenters. The van der Waals surface area contributed by atoms with Gasteiger partial charge in [0.1, 0.15) is 0 Å². The number of phenolic OH excluding ortho intramolecular Hbond substituents is 1. The molecule has 0 fully saturated rings. The quantitative estimate of drug-likeness (QED) is 0.531. The highest BCUT2D eigenvalue weighted by Crippen LogP contribution is 2.28. The molecular weight excluding hydrogens is 256 g/mol. The van der Waals surface area contributed by atoms with Crippen molar-refractivity contribution in [3.05, 3.63) is 52.6 Å². The fourth-order valence-corrected chi connectivity index (χ4v) is 1.52. The number of quaternary nitrogens is 1. The van der Waals surface area contributed by atoms with E-state index in [0.717, 1.165) is 11.1 Å². The summed E-state index contributed by atoms with van der Waals surface area (Å²) in [5.41, 5.74) is 5.86. The van der Waals surface area contributed by atoms with Crippen molar-refractivity contribution in [2.24, 2.45) is 0 Å². The standard InChI is InChI=1S/C12H10N2O3.ClH/c13-11-6-3-9(7-12(11)15)8-1-4-10(5-2-8)14(16)17;/h1-7,15H,13H2;1H. The largest absolute Gasteiger partial charge is 1.00 e. The Hall–Kier alpha value is -2.11. The number of nitro benzene ring substituents is 1. The molecule has 94 valence electrons. The van der Waals surface area contributed by atoms with E-state index in [9.17, 15) is 15.2 Å². The lowest BCUT2D eigenvalue weighted by Gasteiger charge is -2.02. The molecule has 0 amide bonds. The van der Waals surface area contributed by atoms with Gasteiger partial charge in [0, 0.05) is 18.2 Å². The minimum atomic E-state index is -0.444. The molecule has 0 aliphatic carbocycles. The lowest BCUT2D eigenvalue weighted by molar-refractivity contribution is -0.384. The number of aromatic hydroxyl groups is 1. The van der Waals surface area contributed by atoms with Gasteiger partial charge in [-0.05, 0) is 35.4 Å². The Morgan fingerprint density at radius 1 is 1.06 bits per heavy atom. The summed E-state index contributed by atoms with van der Waals surface area (Å²) in [6, 6.07) is 11.3. The Bertz CT molecular complexity index is 570. The number of nitro groups is 1. The lowest BCUT2D eigenvalue weighted by atomic mass is 10.0. The summed E-state index contributed by atoms with van der Waals surface area (Å²) in [4.78, 5) is 10.1. The second kappa shape index (κ2) is 5.48. The van der Waals surface area contributed by atoms with Gasteiger partial charge in [0.25, 0.3) is 5.69 Å². The average molecular weight is 267 g/mol. The molecule has 0 saturated carbocycles. The first-order valence-corrected chi connectivity index (χ1v) is 4.98. The smallest absolute Gasteiger partial charge is 0.269 e. The molecule has 0 unspecified atom stereocenters. The molecule has 5 nitrogen and oxygen atoms in total. The molecule has 0 aromatic heterocycles. The van der Waals surface area contributed by atoms with Gasteiger partial charge in [-0.25, -0.2) is 0 Å². The monoisotopic (exact) mass is 266 g/mol. The van der Waals surface area contributed by atoms with Crippen LogP contribution >= 0.6 is 0 Å². The number of non-ortho nitro benzene ring substituents is 1. The third kappa shape index (κ3) is 2.77. The first-order valence-electron chi connectivity index (χ1n) is 4.98. The minimum Gasteiger partial charge on any atom is -1.00 e. The zero-order valence-corrected chi connectivity index (χ0v) is 10.1. The van der Waals surface area contributed by atoms with Crippen molar-refractivity contribution >= 4 is 11.4 Å². The summed E-state index contributed by atoms with van der Waals surface area (Å²) < 4.78 is 0. The maximum absolute atomic E-state index is 10.5. The Morgan fingerprint density at radius 2 is 1.61 bits per heavy atom. The first kappa shape index (κ1) is 14.0. The summed E-state index contributed by atoms with van der Waals surface area (Å²) in [7, 11) is 0. The van der Waals surface area contributed by atoms with E-state index in [-0.39, 0.29) is 23.8 Å². The van der Waals surface area contributed by atoms with E-state index < -0.39 is 4.92 Å². The van der Waals surface area contributed by atoms with Crippen molar-refractivity contribution in [1.29, 1.82) is 0 Å². The second-order valence-corrected chi connectivity index (χ2v) is 3.65. The molecule has 18 heavy (non-hydrogen) atoms. The predicted molar refractivity (Wildman–Crippen MR) is 62.7 cm³/mol. The molecule has 0 bridgehead atoms. The summed E-state index contributed by atoms with van der Waals surface area (Å²) in [5, 5.41) is 20.0. The fraction of sp³-hybridized carbons (Fsp3) is 0. The van der Waals surface area contributed by atoms with Gasteiger partial charge in [-0.2, -0.15) is 0 Å². The van der Waals surface area contributed by atoms with Crippen molar-refractivity contribution in [3.63, 3.8) is 0 Å². The number of nitrogens with zero attached hydrogens (tertiary/aromatic N) is 1. The highest BCUT2D eigenvalue weighted by atomic mass is 35.5. The van der Waals surface area contributed by atoms with Crippen LogP contribution in [0.4, 0.5) is 11.4 Å². The minimum absolute atomic E-state index is 0. The molecule has 0 aliphatic rings. The zero-order valence-electron chi connectivity index (χ0n) is 9.34. The maximum Gasteiger partial charge on any atom is 0.269 e. The Morgan fingerprint density at radius 3 is 2.11 bits per heavy atom. The third-order valence-electron chi connectivity index (χ3n) is 2.50.